The number of rotatable bonds is 7. The zero-order chi connectivity index (χ0) is 29.4. The first-order valence-electron chi connectivity index (χ1n) is 12.7. The predicted molar refractivity (Wildman–Crippen MR) is 165 cm³/mol. The number of benzene rings is 3. The monoisotopic (exact) mass is 596 g/mol. The van der Waals surface area contributed by atoms with Crippen LogP contribution in [0.25, 0.3) is 39.0 Å². The lowest BCUT2D eigenvalue weighted by Crippen LogP contribution is -2.23. The minimum absolute atomic E-state index is 0.0638. The first kappa shape index (κ1) is 27.1. The molecule has 0 saturated heterocycles. The van der Waals surface area contributed by atoms with E-state index in [0.29, 0.717) is 39.0 Å². The summed E-state index contributed by atoms with van der Waals surface area (Å²) in [5, 5.41) is 3.11. The summed E-state index contributed by atoms with van der Waals surface area (Å²) in [5.41, 5.74) is 9.55. The van der Waals surface area contributed by atoms with Crippen LogP contribution < -0.4 is 20.8 Å². The molecule has 3 aromatic heterocycles. The van der Waals surface area contributed by atoms with E-state index in [1.165, 1.54) is 29.1 Å². The lowest BCUT2D eigenvalue weighted by atomic mass is 10.0. The van der Waals surface area contributed by atoms with Crippen LogP contribution >= 0.6 is 11.3 Å². The smallest absolute Gasteiger partial charge is 0.267 e. The van der Waals surface area contributed by atoms with Gasteiger partial charge in [-0.05, 0) is 55.0 Å². The van der Waals surface area contributed by atoms with Crippen molar-refractivity contribution in [3.8, 4) is 34.0 Å². The molecule has 42 heavy (non-hydrogen) atoms. The number of fused-ring (bicyclic) bond motifs is 1. The summed E-state index contributed by atoms with van der Waals surface area (Å²) in [7, 11) is -2.62. The Bertz CT molecular complexity index is 2130. The number of nitrogen functional groups attached to an aromatic ring is 1. The van der Waals surface area contributed by atoms with Gasteiger partial charge in [0.2, 0.25) is 11.8 Å². The average Bonchev–Trinajstić information content (AvgIpc) is 3.44. The van der Waals surface area contributed by atoms with Crippen LogP contribution in [-0.4, -0.2) is 35.0 Å². The molecule has 0 radical (unpaired) electrons. The standard InChI is InChI=1S/C30H24N6O4S2/c1-18-33-27(17-41-18)20-7-6-10-23(13-20)42(38,39)35-26-15-21(16-32-28(26)40-2)19-11-12-25-24(14-19)29(37)36(30(31)34-25)22-8-4-3-5-9-22/h3-17,35H,1-2H3,(H2,31,34). The highest BCUT2D eigenvalue weighted by Crippen LogP contribution is 2.32. The van der Waals surface area contributed by atoms with Gasteiger partial charge >= 0.3 is 0 Å². The van der Waals surface area contributed by atoms with Crippen molar-refractivity contribution in [1.29, 1.82) is 0 Å². The van der Waals surface area contributed by atoms with E-state index in [1.807, 2.05) is 36.6 Å². The maximum atomic E-state index is 13.5. The molecule has 10 nitrogen and oxygen atoms in total. The molecule has 0 aliphatic heterocycles. The lowest BCUT2D eigenvalue weighted by molar-refractivity contribution is 0.400. The number of nitrogens with two attached hydrogens (primary N) is 1. The van der Waals surface area contributed by atoms with Crippen LogP contribution in [0, 0.1) is 6.92 Å². The molecular weight excluding hydrogens is 573 g/mol. The van der Waals surface area contributed by atoms with Gasteiger partial charge in [-0.1, -0.05) is 36.4 Å². The van der Waals surface area contributed by atoms with E-state index in [0.717, 1.165) is 5.01 Å². The Hall–Kier alpha value is -5.07. The van der Waals surface area contributed by atoms with Crippen LogP contribution in [0.15, 0.2) is 100 Å². The van der Waals surface area contributed by atoms with Crippen molar-refractivity contribution >= 4 is 43.9 Å². The van der Waals surface area contributed by atoms with Crippen LogP contribution in [-0.2, 0) is 10.0 Å². The van der Waals surface area contributed by atoms with E-state index in [4.69, 9.17) is 10.5 Å². The molecule has 3 aromatic carbocycles. The molecule has 0 bridgehead atoms. The predicted octanol–water partition coefficient (Wildman–Crippen LogP) is 5.27. The first-order chi connectivity index (χ1) is 20.2. The molecule has 3 N–H and O–H groups in total. The Kier molecular flexibility index (Phi) is 6.93. The highest BCUT2D eigenvalue weighted by Gasteiger charge is 2.20. The topological polar surface area (TPSA) is 142 Å². The van der Waals surface area contributed by atoms with Crippen LogP contribution in [0.4, 0.5) is 11.6 Å². The fraction of sp³-hybridized carbons (Fsp3) is 0.0667. The molecule has 0 saturated carbocycles. The zero-order valence-electron chi connectivity index (χ0n) is 22.5. The lowest BCUT2D eigenvalue weighted by Gasteiger charge is -2.14. The van der Waals surface area contributed by atoms with Crippen molar-refractivity contribution in [2.75, 3.05) is 17.6 Å². The number of nitrogens with zero attached hydrogens (tertiary/aromatic N) is 4. The SMILES string of the molecule is COc1ncc(-c2ccc3nc(N)n(-c4ccccc4)c(=O)c3c2)cc1NS(=O)(=O)c1cccc(-c2csc(C)n2)c1. The largest absolute Gasteiger partial charge is 0.480 e. The van der Waals surface area contributed by atoms with E-state index in [9.17, 15) is 13.2 Å². The summed E-state index contributed by atoms with van der Waals surface area (Å²) in [6.07, 6.45) is 1.55. The third kappa shape index (κ3) is 5.08. The summed E-state index contributed by atoms with van der Waals surface area (Å²) < 4.78 is 36.2. The summed E-state index contributed by atoms with van der Waals surface area (Å²) >= 11 is 1.49. The Morgan fingerprint density at radius 1 is 0.929 bits per heavy atom. The quantitative estimate of drug-likeness (QED) is 0.254. The number of anilines is 2. The molecule has 210 valence electrons. The van der Waals surface area contributed by atoms with Crippen molar-refractivity contribution in [3.63, 3.8) is 0 Å². The number of methoxy groups -OCH3 is 1. The second-order valence-corrected chi connectivity index (χ2v) is 12.1. The number of hydrogen-bond acceptors (Lipinski definition) is 9. The normalized spacial score (nSPS) is 11.5. The van der Waals surface area contributed by atoms with Gasteiger partial charge in [-0.2, -0.15) is 0 Å². The molecule has 6 rings (SSSR count). The number of thiazole rings is 1. The third-order valence-electron chi connectivity index (χ3n) is 6.59. The summed E-state index contributed by atoms with van der Waals surface area (Å²) in [6, 6.07) is 22.3. The molecule has 3 heterocycles. The second-order valence-electron chi connectivity index (χ2n) is 9.34. The minimum atomic E-state index is -4.02. The van der Waals surface area contributed by atoms with Gasteiger partial charge in [-0.15, -0.1) is 11.3 Å². The fourth-order valence-electron chi connectivity index (χ4n) is 4.58. The number of nitrogens with one attached hydrogen (secondary N) is 1. The first-order valence-corrected chi connectivity index (χ1v) is 15.1. The molecule has 0 spiro atoms. The van der Waals surface area contributed by atoms with Crippen molar-refractivity contribution < 1.29 is 13.2 Å². The summed E-state index contributed by atoms with van der Waals surface area (Å²) in [4.78, 5) is 26.7. The number of sulfonamides is 1. The van der Waals surface area contributed by atoms with Crippen LogP contribution in [0.3, 0.4) is 0 Å². The summed E-state index contributed by atoms with van der Waals surface area (Å²) in [6.45, 7) is 1.89. The van der Waals surface area contributed by atoms with Gasteiger partial charge in [0, 0.05) is 22.7 Å². The molecule has 12 heteroatoms. The van der Waals surface area contributed by atoms with Crippen molar-refractivity contribution in [2.45, 2.75) is 11.8 Å². The molecule has 0 unspecified atom stereocenters. The molecular formula is C30H24N6O4S2. The number of aryl methyl sites for hydroxylation is 1. The number of para-hydroxylation sites is 1. The van der Waals surface area contributed by atoms with Gasteiger partial charge < -0.3 is 10.5 Å². The van der Waals surface area contributed by atoms with E-state index >= 15 is 0 Å². The zero-order valence-corrected chi connectivity index (χ0v) is 24.1. The highest BCUT2D eigenvalue weighted by atomic mass is 32.2. The summed E-state index contributed by atoms with van der Waals surface area (Å²) in [5.74, 6) is 0.165. The van der Waals surface area contributed by atoms with E-state index in [2.05, 4.69) is 19.7 Å². The number of pyridine rings is 1. The highest BCUT2D eigenvalue weighted by molar-refractivity contribution is 7.92. The Balaban J connectivity index is 1.39. The van der Waals surface area contributed by atoms with Crippen molar-refractivity contribution in [1.82, 2.24) is 19.5 Å². The Labute approximate surface area is 245 Å². The van der Waals surface area contributed by atoms with Gasteiger partial charge in [-0.25, -0.2) is 27.9 Å². The maximum Gasteiger partial charge on any atom is 0.267 e. The van der Waals surface area contributed by atoms with Crippen LogP contribution in [0.2, 0.25) is 0 Å². The van der Waals surface area contributed by atoms with Crippen LogP contribution in [0.5, 0.6) is 5.88 Å². The van der Waals surface area contributed by atoms with Gasteiger partial charge in [-0.3, -0.25) is 9.52 Å². The third-order valence-corrected chi connectivity index (χ3v) is 8.73. The fourth-order valence-corrected chi connectivity index (χ4v) is 6.29. The average molecular weight is 597 g/mol. The molecule has 0 aliphatic carbocycles. The number of ether oxygens (including phenoxy) is 1. The molecule has 0 amide bonds. The second kappa shape index (κ2) is 10.7. The molecule has 0 aliphatic rings. The van der Waals surface area contributed by atoms with Gasteiger partial charge in [0.25, 0.3) is 15.6 Å². The maximum absolute atomic E-state index is 13.5. The van der Waals surface area contributed by atoms with E-state index < -0.39 is 10.0 Å². The molecule has 6 aromatic rings. The Morgan fingerprint density at radius 3 is 2.48 bits per heavy atom. The van der Waals surface area contributed by atoms with E-state index in [1.54, 1.807) is 54.7 Å². The van der Waals surface area contributed by atoms with Crippen molar-refractivity contribution in [3.05, 3.63) is 106 Å². The molecule has 0 fully saturated rings. The van der Waals surface area contributed by atoms with Crippen LogP contribution in [0.1, 0.15) is 5.01 Å². The number of aromatic nitrogens is 4. The molecule has 0 atom stereocenters. The Morgan fingerprint density at radius 2 is 1.74 bits per heavy atom. The minimum Gasteiger partial charge on any atom is -0.480 e. The van der Waals surface area contributed by atoms with Crippen molar-refractivity contribution in [2.24, 2.45) is 0 Å². The van der Waals surface area contributed by atoms with Gasteiger partial charge in [0.1, 0.15) is 5.69 Å². The van der Waals surface area contributed by atoms with Gasteiger partial charge in [0.05, 0.1) is 39.3 Å². The van der Waals surface area contributed by atoms with Gasteiger partial charge in [0.15, 0.2) is 0 Å². The number of hydrogen-bond donors (Lipinski definition) is 2. The van der Waals surface area contributed by atoms with E-state index in [-0.39, 0.29) is 28.0 Å².